The van der Waals surface area contributed by atoms with Gasteiger partial charge >= 0.3 is 0 Å². The molecule has 5 nitrogen and oxygen atoms in total. The number of nitrogens with zero attached hydrogens (tertiary/aromatic N) is 2. The standard InChI is InChI=1S/C12H18ClN3O2/c1-5-9-14-8(13)6-11(18)16(9)7-10(17)15-12(2,3)4/h6H,5,7H2,1-4H3,(H,15,17). The summed E-state index contributed by atoms with van der Waals surface area (Å²) in [5.41, 5.74) is -0.636. The molecular formula is C12H18ClN3O2. The number of amides is 1. The number of carbonyl (C=O) groups is 1. The number of carbonyl (C=O) groups excluding carboxylic acids is 1. The fraction of sp³-hybridized carbons (Fsp3) is 0.583. The molecule has 6 heteroatoms. The van der Waals surface area contributed by atoms with E-state index in [1.807, 2.05) is 27.7 Å². The number of halogens is 1. The van der Waals surface area contributed by atoms with E-state index in [4.69, 9.17) is 11.6 Å². The van der Waals surface area contributed by atoms with Gasteiger partial charge in [0.25, 0.3) is 5.56 Å². The number of rotatable bonds is 3. The first-order valence-electron chi connectivity index (χ1n) is 5.80. The molecule has 0 aliphatic carbocycles. The molecule has 1 aromatic rings. The summed E-state index contributed by atoms with van der Waals surface area (Å²) in [5, 5.41) is 2.96. The van der Waals surface area contributed by atoms with Crippen molar-refractivity contribution in [3.63, 3.8) is 0 Å². The third-order valence-electron chi connectivity index (χ3n) is 2.19. The second-order valence-electron chi connectivity index (χ2n) is 5.07. The molecule has 100 valence electrons. The lowest BCUT2D eigenvalue weighted by Crippen LogP contribution is -2.44. The Labute approximate surface area is 111 Å². The molecule has 0 saturated heterocycles. The van der Waals surface area contributed by atoms with Gasteiger partial charge in [0.1, 0.15) is 17.5 Å². The molecule has 1 N–H and O–H groups in total. The Bertz CT molecular complexity index is 503. The quantitative estimate of drug-likeness (QED) is 0.845. The highest BCUT2D eigenvalue weighted by Crippen LogP contribution is 2.04. The van der Waals surface area contributed by atoms with E-state index in [-0.39, 0.29) is 28.7 Å². The minimum absolute atomic E-state index is 0.0382. The van der Waals surface area contributed by atoms with Crippen molar-refractivity contribution in [2.45, 2.75) is 46.2 Å². The molecule has 1 aromatic heterocycles. The van der Waals surface area contributed by atoms with E-state index in [1.54, 1.807) is 0 Å². The first-order valence-corrected chi connectivity index (χ1v) is 6.18. The smallest absolute Gasteiger partial charge is 0.255 e. The average molecular weight is 272 g/mol. The molecule has 1 amide bonds. The zero-order valence-corrected chi connectivity index (χ0v) is 11.8. The molecule has 0 spiro atoms. The largest absolute Gasteiger partial charge is 0.350 e. The topological polar surface area (TPSA) is 64.0 Å². The number of hydrogen-bond acceptors (Lipinski definition) is 3. The van der Waals surface area contributed by atoms with Crippen LogP contribution in [-0.4, -0.2) is 21.0 Å². The molecule has 0 aliphatic rings. The Balaban J connectivity index is 2.98. The molecule has 1 rings (SSSR count). The van der Waals surface area contributed by atoms with Crippen molar-refractivity contribution in [2.75, 3.05) is 0 Å². The summed E-state index contributed by atoms with van der Waals surface area (Å²) in [7, 11) is 0. The number of nitrogens with one attached hydrogen (secondary N) is 1. The van der Waals surface area contributed by atoms with Crippen LogP contribution in [0.3, 0.4) is 0 Å². The Morgan fingerprint density at radius 1 is 1.50 bits per heavy atom. The fourth-order valence-corrected chi connectivity index (χ4v) is 1.75. The van der Waals surface area contributed by atoms with Crippen LogP contribution in [0.5, 0.6) is 0 Å². The van der Waals surface area contributed by atoms with E-state index in [0.717, 1.165) is 0 Å². The van der Waals surface area contributed by atoms with Gasteiger partial charge in [-0.05, 0) is 20.8 Å². The Morgan fingerprint density at radius 3 is 2.61 bits per heavy atom. The van der Waals surface area contributed by atoms with Gasteiger partial charge in [-0.1, -0.05) is 18.5 Å². The second-order valence-corrected chi connectivity index (χ2v) is 5.46. The lowest BCUT2D eigenvalue weighted by atomic mass is 10.1. The minimum atomic E-state index is -0.326. The highest BCUT2D eigenvalue weighted by molar-refractivity contribution is 6.29. The van der Waals surface area contributed by atoms with Gasteiger partial charge in [-0.3, -0.25) is 14.2 Å². The van der Waals surface area contributed by atoms with Crippen molar-refractivity contribution in [3.8, 4) is 0 Å². The number of aryl methyl sites for hydroxylation is 1. The third kappa shape index (κ3) is 4.14. The highest BCUT2D eigenvalue weighted by Gasteiger charge is 2.16. The van der Waals surface area contributed by atoms with Crippen LogP contribution >= 0.6 is 11.6 Å². The lowest BCUT2D eigenvalue weighted by molar-refractivity contribution is -0.123. The SMILES string of the molecule is CCc1nc(Cl)cc(=O)n1CC(=O)NC(C)(C)C. The van der Waals surface area contributed by atoms with Crippen molar-refractivity contribution < 1.29 is 4.79 Å². The van der Waals surface area contributed by atoms with Crippen LogP contribution in [0.4, 0.5) is 0 Å². The Kier molecular flexibility index (Phi) is 4.51. The van der Waals surface area contributed by atoms with Crippen molar-refractivity contribution in [1.29, 1.82) is 0 Å². The van der Waals surface area contributed by atoms with E-state index in [2.05, 4.69) is 10.3 Å². The van der Waals surface area contributed by atoms with Gasteiger partial charge in [0.2, 0.25) is 5.91 Å². The van der Waals surface area contributed by atoms with E-state index < -0.39 is 0 Å². The van der Waals surface area contributed by atoms with Crippen LogP contribution in [0.25, 0.3) is 0 Å². The molecule has 0 fully saturated rings. The summed E-state index contributed by atoms with van der Waals surface area (Å²) >= 11 is 5.72. The molecule has 0 radical (unpaired) electrons. The van der Waals surface area contributed by atoms with E-state index in [1.165, 1.54) is 10.6 Å². The third-order valence-corrected chi connectivity index (χ3v) is 2.38. The second kappa shape index (κ2) is 5.52. The zero-order chi connectivity index (χ0) is 13.9. The van der Waals surface area contributed by atoms with Crippen molar-refractivity contribution in [2.24, 2.45) is 0 Å². The predicted octanol–water partition coefficient (Wildman–Crippen LogP) is 1.37. The molecule has 0 aromatic carbocycles. The van der Waals surface area contributed by atoms with Crippen LogP contribution in [0.1, 0.15) is 33.5 Å². The Hall–Kier alpha value is -1.36. The summed E-state index contributed by atoms with van der Waals surface area (Å²) in [6, 6.07) is 1.21. The maximum Gasteiger partial charge on any atom is 0.255 e. The summed E-state index contributed by atoms with van der Waals surface area (Å²) in [6.45, 7) is 7.47. The van der Waals surface area contributed by atoms with Crippen molar-refractivity contribution >= 4 is 17.5 Å². The Morgan fingerprint density at radius 2 is 2.11 bits per heavy atom. The predicted molar refractivity (Wildman–Crippen MR) is 70.8 cm³/mol. The minimum Gasteiger partial charge on any atom is -0.350 e. The van der Waals surface area contributed by atoms with Crippen LogP contribution in [0.15, 0.2) is 10.9 Å². The average Bonchev–Trinajstić information content (AvgIpc) is 2.18. The van der Waals surface area contributed by atoms with E-state index >= 15 is 0 Å². The maximum absolute atomic E-state index is 11.8. The van der Waals surface area contributed by atoms with Gasteiger partial charge in [0.05, 0.1) is 0 Å². The molecule has 0 bridgehead atoms. The van der Waals surface area contributed by atoms with Crippen molar-refractivity contribution in [1.82, 2.24) is 14.9 Å². The van der Waals surface area contributed by atoms with Gasteiger partial charge in [-0.2, -0.15) is 0 Å². The molecule has 0 unspecified atom stereocenters. The van der Waals surface area contributed by atoms with Gasteiger partial charge in [-0.25, -0.2) is 4.98 Å². The number of hydrogen-bond donors (Lipinski definition) is 1. The molecule has 1 heterocycles. The molecule has 0 saturated carbocycles. The highest BCUT2D eigenvalue weighted by atomic mass is 35.5. The van der Waals surface area contributed by atoms with Gasteiger partial charge in [0, 0.05) is 18.0 Å². The van der Waals surface area contributed by atoms with E-state index in [9.17, 15) is 9.59 Å². The first kappa shape index (κ1) is 14.7. The molecule has 18 heavy (non-hydrogen) atoms. The summed E-state index contributed by atoms with van der Waals surface area (Å²) in [4.78, 5) is 27.6. The zero-order valence-electron chi connectivity index (χ0n) is 11.1. The van der Waals surface area contributed by atoms with Crippen LogP contribution in [-0.2, 0) is 17.8 Å². The molecule has 0 atom stereocenters. The molecule has 0 aliphatic heterocycles. The van der Waals surface area contributed by atoms with Crippen molar-refractivity contribution in [3.05, 3.63) is 27.4 Å². The summed E-state index contributed by atoms with van der Waals surface area (Å²) < 4.78 is 1.34. The van der Waals surface area contributed by atoms with Gasteiger partial charge in [0.15, 0.2) is 0 Å². The normalized spacial score (nSPS) is 11.4. The monoisotopic (exact) mass is 271 g/mol. The van der Waals surface area contributed by atoms with Crippen LogP contribution in [0.2, 0.25) is 5.15 Å². The first-order chi connectivity index (χ1) is 8.23. The van der Waals surface area contributed by atoms with Crippen LogP contribution in [0, 0.1) is 0 Å². The maximum atomic E-state index is 11.8. The molecular weight excluding hydrogens is 254 g/mol. The summed E-state index contributed by atoms with van der Waals surface area (Å²) in [6.07, 6.45) is 0.540. The fourth-order valence-electron chi connectivity index (χ4n) is 1.56. The lowest BCUT2D eigenvalue weighted by Gasteiger charge is -2.21. The van der Waals surface area contributed by atoms with Gasteiger partial charge in [-0.15, -0.1) is 0 Å². The van der Waals surface area contributed by atoms with Crippen LogP contribution < -0.4 is 10.9 Å². The number of aromatic nitrogens is 2. The van der Waals surface area contributed by atoms with E-state index in [0.29, 0.717) is 12.2 Å². The van der Waals surface area contributed by atoms with Gasteiger partial charge < -0.3 is 5.32 Å². The summed E-state index contributed by atoms with van der Waals surface area (Å²) in [5.74, 6) is 0.292.